The van der Waals surface area contributed by atoms with E-state index in [0.717, 1.165) is 11.3 Å². The molecule has 0 aliphatic carbocycles. The Morgan fingerprint density at radius 3 is 2.93 bits per heavy atom. The second-order valence-electron chi connectivity index (χ2n) is 3.08. The van der Waals surface area contributed by atoms with Crippen LogP contribution in [0, 0.1) is 0 Å². The quantitative estimate of drug-likeness (QED) is 0.762. The molecule has 0 heterocycles. The number of anilines is 1. The number of aliphatic hydroxyl groups excluding tert-OH is 1. The molecule has 3 heteroatoms. The zero-order valence-electron chi connectivity index (χ0n) is 8.29. The van der Waals surface area contributed by atoms with E-state index in [1.807, 2.05) is 31.2 Å². The fraction of sp³-hybridized carbons (Fsp3) is 0.364. The van der Waals surface area contributed by atoms with Crippen LogP contribution in [0.4, 0.5) is 5.69 Å². The van der Waals surface area contributed by atoms with Gasteiger partial charge in [0.05, 0.1) is 0 Å². The van der Waals surface area contributed by atoms with Gasteiger partial charge in [-0.05, 0) is 24.1 Å². The van der Waals surface area contributed by atoms with E-state index in [2.05, 4.69) is 5.32 Å². The highest BCUT2D eigenvalue weighted by molar-refractivity contribution is 5.90. The molecule has 3 nitrogen and oxygen atoms in total. The van der Waals surface area contributed by atoms with Gasteiger partial charge < -0.3 is 10.4 Å². The van der Waals surface area contributed by atoms with E-state index in [9.17, 15) is 4.79 Å². The number of hydrogen-bond donors (Lipinski definition) is 2. The highest BCUT2D eigenvalue weighted by Crippen LogP contribution is 2.11. The molecule has 1 rings (SSSR count). The molecule has 0 fully saturated rings. The summed E-state index contributed by atoms with van der Waals surface area (Å²) in [4.78, 5) is 11.1. The largest absolute Gasteiger partial charge is 0.396 e. The normalized spacial score (nSPS) is 9.86. The van der Waals surface area contributed by atoms with Crippen LogP contribution in [-0.2, 0) is 11.2 Å². The average molecular weight is 193 g/mol. The Morgan fingerprint density at radius 1 is 1.50 bits per heavy atom. The number of benzene rings is 1. The maximum atomic E-state index is 11.1. The molecular formula is C11H15NO2. The van der Waals surface area contributed by atoms with Crippen LogP contribution in [0.2, 0.25) is 0 Å². The molecule has 14 heavy (non-hydrogen) atoms. The van der Waals surface area contributed by atoms with Gasteiger partial charge in [0.25, 0.3) is 0 Å². The van der Waals surface area contributed by atoms with Crippen molar-refractivity contribution in [2.45, 2.75) is 19.8 Å². The van der Waals surface area contributed by atoms with Crippen molar-refractivity contribution in [3.8, 4) is 0 Å². The van der Waals surface area contributed by atoms with Crippen molar-refractivity contribution in [1.82, 2.24) is 0 Å². The molecule has 76 valence electrons. The third-order valence-electron chi connectivity index (χ3n) is 1.93. The van der Waals surface area contributed by atoms with Gasteiger partial charge in [-0.2, -0.15) is 0 Å². The minimum Gasteiger partial charge on any atom is -0.396 e. The van der Waals surface area contributed by atoms with Crippen molar-refractivity contribution in [1.29, 1.82) is 0 Å². The molecular weight excluding hydrogens is 178 g/mol. The molecule has 0 aliphatic rings. The first-order valence-corrected chi connectivity index (χ1v) is 4.76. The van der Waals surface area contributed by atoms with Gasteiger partial charge in [-0.3, -0.25) is 4.79 Å². The minimum atomic E-state index is 0.00569. The zero-order valence-corrected chi connectivity index (χ0v) is 8.29. The Morgan fingerprint density at radius 2 is 2.29 bits per heavy atom. The average Bonchev–Trinajstić information content (AvgIpc) is 2.19. The minimum absolute atomic E-state index is 0.00569. The number of hydrogen-bond acceptors (Lipinski definition) is 2. The second kappa shape index (κ2) is 5.40. The van der Waals surface area contributed by atoms with Gasteiger partial charge in [-0.15, -0.1) is 0 Å². The van der Waals surface area contributed by atoms with E-state index in [0.29, 0.717) is 12.8 Å². The lowest BCUT2D eigenvalue weighted by molar-refractivity contribution is -0.115. The number of aliphatic hydroxyl groups is 1. The Kier molecular flexibility index (Phi) is 4.13. The van der Waals surface area contributed by atoms with Gasteiger partial charge in [0.1, 0.15) is 0 Å². The lowest BCUT2D eigenvalue weighted by Gasteiger charge is -2.05. The summed E-state index contributed by atoms with van der Waals surface area (Å²) in [7, 11) is 0. The third-order valence-corrected chi connectivity index (χ3v) is 1.93. The standard InChI is InChI=1S/C11H15NO2/c1-2-11(14)12-10-5-3-4-9(8-10)6-7-13/h3-5,8,13H,2,6-7H2,1H3,(H,12,14). The Bertz CT molecular complexity index is 310. The maximum Gasteiger partial charge on any atom is 0.224 e. The van der Waals surface area contributed by atoms with Crippen molar-refractivity contribution in [3.05, 3.63) is 29.8 Å². The van der Waals surface area contributed by atoms with Crippen molar-refractivity contribution >= 4 is 11.6 Å². The zero-order chi connectivity index (χ0) is 10.4. The first-order valence-electron chi connectivity index (χ1n) is 4.76. The summed E-state index contributed by atoms with van der Waals surface area (Å²) in [5.41, 5.74) is 1.82. The summed E-state index contributed by atoms with van der Waals surface area (Å²) in [5, 5.41) is 11.5. The smallest absolute Gasteiger partial charge is 0.224 e. The van der Waals surface area contributed by atoms with Gasteiger partial charge in [0.2, 0.25) is 5.91 Å². The molecule has 0 aromatic heterocycles. The van der Waals surface area contributed by atoms with E-state index in [-0.39, 0.29) is 12.5 Å². The van der Waals surface area contributed by atoms with E-state index < -0.39 is 0 Å². The molecule has 1 aromatic carbocycles. The maximum absolute atomic E-state index is 11.1. The number of amides is 1. The monoisotopic (exact) mass is 193 g/mol. The van der Waals surface area contributed by atoms with Crippen LogP contribution in [-0.4, -0.2) is 17.6 Å². The Balaban J connectivity index is 2.68. The first kappa shape index (κ1) is 10.7. The SMILES string of the molecule is CCC(=O)Nc1cccc(CCO)c1. The second-order valence-corrected chi connectivity index (χ2v) is 3.08. The topological polar surface area (TPSA) is 49.3 Å². The predicted molar refractivity (Wildman–Crippen MR) is 56.2 cm³/mol. The molecule has 1 amide bonds. The summed E-state index contributed by atoms with van der Waals surface area (Å²) >= 11 is 0. The Hall–Kier alpha value is -1.35. The third kappa shape index (κ3) is 3.18. The number of carbonyl (C=O) groups excluding carboxylic acids is 1. The summed E-state index contributed by atoms with van der Waals surface area (Å²) in [6.07, 6.45) is 1.10. The van der Waals surface area contributed by atoms with Gasteiger partial charge >= 0.3 is 0 Å². The molecule has 0 aliphatic heterocycles. The molecule has 2 N–H and O–H groups in total. The fourth-order valence-electron chi connectivity index (χ4n) is 1.18. The van der Waals surface area contributed by atoms with E-state index in [1.165, 1.54) is 0 Å². The van der Waals surface area contributed by atoms with Crippen LogP contribution in [0.15, 0.2) is 24.3 Å². The van der Waals surface area contributed by atoms with Crippen LogP contribution in [0.3, 0.4) is 0 Å². The van der Waals surface area contributed by atoms with E-state index in [4.69, 9.17) is 5.11 Å². The predicted octanol–water partition coefficient (Wildman–Crippen LogP) is 1.57. The van der Waals surface area contributed by atoms with Gasteiger partial charge in [0, 0.05) is 18.7 Å². The summed E-state index contributed by atoms with van der Waals surface area (Å²) in [5.74, 6) is 0.00569. The number of nitrogens with one attached hydrogen (secondary N) is 1. The van der Waals surface area contributed by atoms with Crippen LogP contribution < -0.4 is 5.32 Å². The summed E-state index contributed by atoms with van der Waals surface area (Å²) in [6.45, 7) is 1.94. The van der Waals surface area contributed by atoms with Crippen molar-refractivity contribution < 1.29 is 9.90 Å². The van der Waals surface area contributed by atoms with Crippen LogP contribution in [0.25, 0.3) is 0 Å². The lowest BCUT2D eigenvalue weighted by atomic mass is 10.1. The van der Waals surface area contributed by atoms with Crippen molar-refractivity contribution in [3.63, 3.8) is 0 Å². The van der Waals surface area contributed by atoms with E-state index in [1.54, 1.807) is 0 Å². The molecule has 1 aromatic rings. The molecule has 0 radical (unpaired) electrons. The van der Waals surface area contributed by atoms with Gasteiger partial charge in [-0.25, -0.2) is 0 Å². The van der Waals surface area contributed by atoms with Crippen molar-refractivity contribution in [2.24, 2.45) is 0 Å². The van der Waals surface area contributed by atoms with Crippen LogP contribution in [0.1, 0.15) is 18.9 Å². The molecule has 0 atom stereocenters. The first-order chi connectivity index (χ1) is 6.76. The Labute approximate surface area is 83.8 Å². The van der Waals surface area contributed by atoms with Gasteiger partial charge in [0.15, 0.2) is 0 Å². The molecule has 0 saturated heterocycles. The molecule has 0 unspecified atom stereocenters. The van der Waals surface area contributed by atoms with Crippen LogP contribution in [0.5, 0.6) is 0 Å². The fourth-order valence-corrected chi connectivity index (χ4v) is 1.18. The van der Waals surface area contributed by atoms with Crippen molar-refractivity contribution in [2.75, 3.05) is 11.9 Å². The number of carbonyl (C=O) groups is 1. The number of rotatable bonds is 4. The summed E-state index contributed by atoms with van der Waals surface area (Å²) < 4.78 is 0. The highest BCUT2D eigenvalue weighted by atomic mass is 16.2. The van der Waals surface area contributed by atoms with Gasteiger partial charge in [-0.1, -0.05) is 19.1 Å². The lowest BCUT2D eigenvalue weighted by Crippen LogP contribution is -2.09. The van der Waals surface area contributed by atoms with Crippen LogP contribution >= 0.6 is 0 Å². The highest BCUT2D eigenvalue weighted by Gasteiger charge is 1.99. The summed E-state index contributed by atoms with van der Waals surface area (Å²) in [6, 6.07) is 7.52. The molecule has 0 bridgehead atoms. The molecule has 0 saturated carbocycles. The van der Waals surface area contributed by atoms with E-state index >= 15 is 0 Å². The molecule has 0 spiro atoms.